The lowest BCUT2D eigenvalue weighted by Crippen LogP contribution is -2.50. The van der Waals surface area contributed by atoms with Crippen LogP contribution in [0.4, 0.5) is 0 Å². The van der Waals surface area contributed by atoms with Gasteiger partial charge in [0.05, 0.1) is 0 Å². The van der Waals surface area contributed by atoms with Crippen LogP contribution in [0.1, 0.15) is 0 Å². The first kappa shape index (κ1) is 8.33. The summed E-state index contributed by atoms with van der Waals surface area (Å²) in [6.07, 6.45) is 0. The molecule has 3 N–H and O–H groups in total. The topological polar surface area (TPSA) is 56.4 Å². The Labute approximate surface area is 67.5 Å². The maximum Gasteiger partial charge on any atom is 0.188 e. The normalized spacial score (nSPS) is 20.3. The van der Waals surface area contributed by atoms with Crippen molar-refractivity contribution >= 4 is 5.96 Å². The first-order chi connectivity index (χ1) is 5.24. The molecule has 0 aliphatic carbocycles. The van der Waals surface area contributed by atoms with Gasteiger partial charge < -0.3 is 10.6 Å². The van der Waals surface area contributed by atoms with Gasteiger partial charge >= 0.3 is 0 Å². The van der Waals surface area contributed by atoms with E-state index in [2.05, 4.69) is 11.8 Å². The Morgan fingerprint density at radius 2 is 1.91 bits per heavy atom. The van der Waals surface area contributed by atoms with Crippen LogP contribution >= 0.6 is 0 Å². The second-order valence-electron chi connectivity index (χ2n) is 2.71. The van der Waals surface area contributed by atoms with Crippen molar-refractivity contribution in [2.24, 2.45) is 5.73 Å². The second-order valence-corrected chi connectivity index (χ2v) is 2.71. The molecule has 0 aromatic rings. The average Bonchev–Trinajstić information content (AvgIpc) is 2.05. The largest absolute Gasteiger partial charge is 0.370 e. The van der Waals surface area contributed by atoms with Crippen LogP contribution < -0.4 is 5.73 Å². The number of piperazine rings is 1. The Morgan fingerprint density at radius 3 is 2.27 bits per heavy atom. The average molecular weight is 155 g/mol. The molecule has 63 valence electrons. The highest BCUT2D eigenvalue weighted by Gasteiger charge is 2.15. The molecule has 11 heavy (non-hydrogen) atoms. The zero-order valence-corrected chi connectivity index (χ0v) is 6.71. The van der Waals surface area contributed by atoms with E-state index in [4.69, 9.17) is 11.1 Å². The van der Waals surface area contributed by atoms with Crippen LogP contribution in [-0.4, -0.2) is 48.5 Å². The van der Waals surface area contributed by atoms with Gasteiger partial charge in [0.1, 0.15) is 0 Å². The fraction of sp³-hybridized carbons (Fsp3) is 0.714. The SMILES string of the molecule is [CH2]CN1CCN(C(=N)N)CC1. The van der Waals surface area contributed by atoms with E-state index >= 15 is 0 Å². The lowest BCUT2D eigenvalue weighted by atomic mass is 10.3. The molecule has 0 unspecified atom stereocenters. The smallest absolute Gasteiger partial charge is 0.188 e. The Hall–Kier alpha value is -0.770. The predicted octanol–water partition coefficient (Wildman–Crippen LogP) is -0.668. The van der Waals surface area contributed by atoms with Crippen LogP contribution in [0.2, 0.25) is 0 Å². The molecule has 1 aliphatic rings. The molecule has 0 bridgehead atoms. The van der Waals surface area contributed by atoms with Gasteiger partial charge in [0.25, 0.3) is 0 Å². The van der Waals surface area contributed by atoms with E-state index in [0.29, 0.717) is 0 Å². The minimum absolute atomic E-state index is 0.189. The van der Waals surface area contributed by atoms with Gasteiger partial charge in [-0.3, -0.25) is 10.3 Å². The highest BCUT2D eigenvalue weighted by Crippen LogP contribution is 1.98. The van der Waals surface area contributed by atoms with Gasteiger partial charge in [-0.25, -0.2) is 0 Å². The van der Waals surface area contributed by atoms with Crippen LogP contribution in [0.15, 0.2) is 0 Å². The van der Waals surface area contributed by atoms with Crippen LogP contribution in [-0.2, 0) is 0 Å². The monoisotopic (exact) mass is 155 g/mol. The van der Waals surface area contributed by atoms with Gasteiger partial charge in [-0.2, -0.15) is 0 Å². The Morgan fingerprint density at radius 1 is 1.36 bits per heavy atom. The number of hydrogen-bond donors (Lipinski definition) is 2. The van der Waals surface area contributed by atoms with E-state index in [-0.39, 0.29) is 5.96 Å². The van der Waals surface area contributed by atoms with Crippen molar-refractivity contribution in [1.82, 2.24) is 9.80 Å². The molecule has 0 amide bonds. The summed E-state index contributed by atoms with van der Waals surface area (Å²) in [7, 11) is 0. The summed E-state index contributed by atoms with van der Waals surface area (Å²) in [5.74, 6) is 0.189. The van der Waals surface area contributed by atoms with Crippen molar-refractivity contribution < 1.29 is 0 Å². The van der Waals surface area contributed by atoms with Gasteiger partial charge in [0, 0.05) is 26.2 Å². The number of rotatable bonds is 1. The first-order valence-electron chi connectivity index (χ1n) is 3.84. The van der Waals surface area contributed by atoms with Crippen LogP contribution in [0.25, 0.3) is 0 Å². The van der Waals surface area contributed by atoms with Crippen molar-refractivity contribution in [2.45, 2.75) is 0 Å². The zero-order chi connectivity index (χ0) is 8.27. The third kappa shape index (κ3) is 2.08. The van der Waals surface area contributed by atoms with Gasteiger partial charge in [-0.15, -0.1) is 0 Å². The predicted molar refractivity (Wildman–Crippen MR) is 45.3 cm³/mol. The molecule has 0 saturated carbocycles. The third-order valence-corrected chi connectivity index (χ3v) is 2.03. The molecular formula is C7H15N4. The second kappa shape index (κ2) is 3.57. The lowest BCUT2D eigenvalue weighted by molar-refractivity contribution is 0.195. The minimum atomic E-state index is 0.189. The maximum atomic E-state index is 7.18. The van der Waals surface area contributed by atoms with Crippen molar-refractivity contribution in [3.05, 3.63) is 6.92 Å². The molecular weight excluding hydrogens is 140 g/mol. The number of nitrogens with zero attached hydrogens (tertiary/aromatic N) is 2. The summed E-state index contributed by atoms with van der Waals surface area (Å²) >= 11 is 0. The Bertz CT molecular complexity index is 137. The Balaban J connectivity index is 2.30. The van der Waals surface area contributed by atoms with Gasteiger partial charge in [-0.1, -0.05) is 0 Å². The summed E-state index contributed by atoms with van der Waals surface area (Å²) < 4.78 is 0. The molecule has 1 saturated heterocycles. The summed E-state index contributed by atoms with van der Waals surface area (Å²) in [6.45, 7) is 8.34. The molecule has 1 rings (SSSR count). The molecule has 1 radical (unpaired) electrons. The van der Waals surface area contributed by atoms with Gasteiger partial charge in [-0.05, 0) is 13.5 Å². The van der Waals surface area contributed by atoms with E-state index in [1.54, 1.807) is 0 Å². The zero-order valence-electron chi connectivity index (χ0n) is 6.71. The standard InChI is InChI=1S/C7H15N4/c1-2-10-3-5-11(6-4-10)7(8)9/h1-6H2,(H3,8,9). The molecule has 4 nitrogen and oxygen atoms in total. The minimum Gasteiger partial charge on any atom is -0.370 e. The van der Waals surface area contributed by atoms with Gasteiger partial charge in [0.2, 0.25) is 0 Å². The molecule has 0 atom stereocenters. The van der Waals surface area contributed by atoms with Crippen molar-refractivity contribution in [2.75, 3.05) is 32.7 Å². The molecule has 0 aromatic heterocycles. The number of nitrogens with two attached hydrogens (primary N) is 1. The van der Waals surface area contributed by atoms with Crippen LogP contribution in [0.3, 0.4) is 0 Å². The van der Waals surface area contributed by atoms with Crippen molar-refractivity contribution in [3.8, 4) is 0 Å². The quantitative estimate of drug-likeness (QED) is 0.390. The number of nitrogens with one attached hydrogen (secondary N) is 1. The fourth-order valence-corrected chi connectivity index (χ4v) is 1.21. The molecule has 1 fully saturated rings. The summed E-state index contributed by atoms with van der Waals surface area (Å²) in [5, 5.41) is 7.18. The van der Waals surface area contributed by atoms with E-state index in [1.807, 2.05) is 4.90 Å². The third-order valence-electron chi connectivity index (χ3n) is 2.03. The molecule has 1 aliphatic heterocycles. The highest BCUT2D eigenvalue weighted by molar-refractivity contribution is 5.74. The number of hydrogen-bond acceptors (Lipinski definition) is 2. The summed E-state index contributed by atoms with van der Waals surface area (Å²) in [4.78, 5) is 4.13. The van der Waals surface area contributed by atoms with E-state index in [1.165, 1.54) is 0 Å². The van der Waals surface area contributed by atoms with Gasteiger partial charge in [0.15, 0.2) is 5.96 Å². The maximum absolute atomic E-state index is 7.18. The lowest BCUT2D eigenvalue weighted by Gasteiger charge is -2.34. The fourth-order valence-electron chi connectivity index (χ4n) is 1.21. The number of guanidine groups is 1. The highest BCUT2D eigenvalue weighted by atomic mass is 15.3. The van der Waals surface area contributed by atoms with E-state index in [9.17, 15) is 0 Å². The van der Waals surface area contributed by atoms with Crippen molar-refractivity contribution in [1.29, 1.82) is 5.41 Å². The Kier molecular flexibility index (Phi) is 2.70. The van der Waals surface area contributed by atoms with E-state index < -0.39 is 0 Å². The summed E-state index contributed by atoms with van der Waals surface area (Å²) in [6, 6.07) is 0. The summed E-state index contributed by atoms with van der Waals surface area (Å²) in [5.41, 5.74) is 5.33. The molecule has 4 heteroatoms. The van der Waals surface area contributed by atoms with Crippen molar-refractivity contribution in [3.63, 3.8) is 0 Å². The van der Waals surface area contributed by atoms with E-state index in [0.717, 1.165) is 32.7 Å². The first-order valence-corrected chi connectivity index (χ1v) is 3.84. The molecule has 0 spiro atoms. The van der Waals surface area contributed by atoms with Crippen LogP contribution in [0, 0.1) is 12.3 Å². The molecule has 1 heterocycles. The molecule has 0 aromatic carbocycles. The van der Waals surface area contributed by atoms with Crippen LogP contribution in [0.5, 0.6) is 0 Å².